The highest BCUT2D eigenvalue weighted by molar-refractivity contribution is 8.00. The second-order valence-corrected chi connectivity index (χ2v) is 19.5. The van der Waals surface area contributed by atoms with Gasteiger partial charge in [-0.1, -0.05) is 120 Å². The number of hydrogen-bond donors (Lipinski definition) is 0. The molecule has 3 aromatic heterocycles. The molecule has 0 bridgehead atoms. The summed E-state index contributed by atoms with van der Waals surface area (Å²) >= 11 is 1.97. The number of furan rings is 1. The Morgan fingerprint density at radius 3 is 1.67 bits per heavy atom. The van der Waals surface area contributed by atoms with Crippen LogP contribution in [0.4, 0.5) is 11.4 Å². The van der Waals surface area contributed by atoms with E-state index in [1.807, 2.05) is 17.8 Å². The molecule has 4 nitrogen and oxygen atoms in total. The first-order chi connectivity index (χ1) is 33.0. The maximum absolute atomic E-state index is 6.35. The molecule has 1 aliphatic heterocycles. The highest BCUT2D eigenvalue weighted by Gasteiger charge is 2.36. The van der Waals surface area contributed by atoms with E-state index in [1.165, 1.54) is 93.3 Å². The Hall–Kier alpha value is -7.99. The van der Waals surface area contributed by atoms with Gasteiger partial charge in [0.15, 0.2) is 0 Å². The van der Waals surface area contributed by atoms with Crippen LogP contribution < -0.4 is 4.90 Å². The average Bonchev–Trinajstić information content (AvgIpc) is 4.02. The van der Waals surface area contributed by atoms with Crippen molar-refractivity contribution in [3.05, 3.63) is 223 Å². The zero-order chi connectivity index (χ0) is 44.3. The fourth-order valence-electron chi connectivity index (χ4n) is 11.0. The second-order valence-electron chi connectivity index (χ2n) is 18.2. The van der Waals surface area contributed by atoms with Gasteiger partial charge in [0.1, 0.15) is 11.2 Å². The smallest absolute Gasteiger partial charge is 0.135 e. The number of para-hydroxylation sites is 1. The number of benzene rings is 9. The van der Waals surface area contributed by atoms with Crippen LogP contribution >= 0.6 is 11.8 Å². The monoisotopic (exact) mass is 877 g/mol. The topological polar surface area (TPSA) is 26.2 Å². The lowest BCUT2D eigenvalue weighted by atomic mass is 10.0. The van der Waals surface area contributed by atoms with Gasteiger partial charge >= 0.3 is 0 Å². The summed E-state index contributed by atoms with van der Waals surface area (Å²) in [5.74, 6) is 0. The summed E-state index contributed by atoms with van der Waals surface area (Å²) in [6.45, 7) is 4.38. The van der Waals surface area contributed by atoms with Gasteiger partial charge in [0.2, 0.25) is 0 Å². The molecule has 0 amide bonds. The van der Waals surface area contributed by atoms with E-state index in [9.17, 15) is 0 Å². The Bertz CT molecular complexity index is 3900. The number of anilines is 2. The van der Waals surface area contributed by atoms with E-state index < -0.39 is 0 Å². The molecule has 2 aliphatic rings. The third-order valence-electron chi connectivity index (χ3n) is 14.1. The van der Waals surface area contributed by atoms with Crippen molar-refractivity contribution in [1.29, 1.82) is 0 Å². The number of hydrogen-bond acceptors (Lipinski definition) is 3. The molecule has 5 heteroatoms. The van der Waals surface area contributed by atoms with Crippen molar-refractivity contribution < 1.29 is 4.42 Å². The minimum absolute atomic E-state index is 0.0707. The molecule has 12 aromatic rings. The van der Waals surface area contributed by atoms with Crippen LogP contribution in [0.5, 0.6) is 0 Å². The van der Waals surface area contributed by atoms with Crippen LogP contribution in [0, 0.1) is 13.8 Å². The molecule has 0 spiro atoms. The predicted molar refractivity (Wildman–Crippen MR) is 283 cm³/mol. The average molecular weight is 878 g/mol. The first kappa shape index (κ1) is 38.3. The first-order valence-electron chi connectivity index (χ1n) is 23.1. The van der Waals surface area contributed by atoms with Crippen LogP contribution in [0.15, 0.2) is 222 Å². The highest BCUT2D eigenvalue weighted by atomic mass is 32.2. The maximum Gasteiger partial charge on any atom is 0.135 e. The van der Waals surface area contributed by atoms with Crippen LogP contribution in [0.1, 0.15) is 11.1 Å². The van der Waals surface area contributed by atoms with Crippen LogP contribution in [0.2, 0.25) is 0 Å². The fraction of sp³-hybridized carbons (Fsp3) is 0.0645. The standard InChI is InChI=1S/C62H43N3OS/c1-38-17-24-53-48(31-38)49-32-39(2)18-25-54(49)63(53)45-21-28-57-61(36-45)67-62-37-46(22-29-58(62)65(57)44-23-30-60-52(35-44)47-15-9-10-16-59(47)66-60)64-55-26-19-42(40-11-5-3-6-12-40)33-50(55)51-34-43(20-27-56(51)64)41-13-7-4-8-14-41/h3-37,57,61H,1-2H3. The van der Waals surface area contributed by atoms with E-state index in [1.54, 1.807) is 0 Å². The fourth-order valence-corrected chi connectivity index (χ4v) is 12.3. The highest BCUT2D eigenvalue weighted by Crippen LogP contribution is 2.50. The molecule has 0 radical (unpaired) electrons. The Kier molecular flexibility index (Phi) is 8.44. The molecule has 2 atom stereocenters. The molecule has 0 N–H and O–H groups in total. The number of aryl methyl sites for hydroxylation is 2. The van der Waals surface area contributed by atoms with Crippen LogP contribution in [-0.4, -0.2) is 20.4 Å². The molecular weight excluding hydrogens is 835 g/mol. The molecule has 318 valence electrons. The van der Waals surface area contributed by atoms with Crippen molar-refractivity contribution in [3.63, 3.8) is 0 Å². The van der Waals surface area contributed by atoms with Crippen molar-refractivity contribution in [2.75, 3.05) is 4.90 Å². The molecule has 0 saturated carbocycles. The molecular formula is C62H43N3OS. The summed E-state index contributed by atoms with van der Waals surface area (Å²) in [7, 11) is 0. The number of nitrogens with zero attached hydrogens (tertiary/aromatic N) is 3. The maximum atomic E-state index is 6.35. The van der Waals surface area contributed by atoms with Gasteiger partial charge in [-0.25, -0.2) is 0 Å². The second kappa shape index (κ2) is 14.8. The summed E-state index contributed by atoms with van der Waals surface area (Å²) < 4.78 is 11.3. The van der Waals surface area contributed by atoms with Gasteiger partial charge in [-0.15, -0.1) is 11.8 Å². The summed E-state index contributed by atoms with van der Waals surface area (Å²) in [6.07, 6.45) is 7.30. The molecule has 2 unspecified atom stereocenters. The minimum atomic E-state index is 0.0707. The Balaban J connectivity index is 0.964. The molecule has 67 heavy (non-hydrogen) atoms. The normalized spacial score (nSPS) is 15.9. The van der Waals surface area contributed by atoms with Gasteiger partial charge < -0.3 is 18.5 Å². The van der Waals surface area contributed by atoms with Gasteiger partial charge in [0.25, 0.3) is 0 Å². The van der Waals surface area contributed by atoms with Crippen molar-refractivity contribution in [3.8, 4) is 27.9 Å². The predicted octanol–water partition coefficient (Wildman–Crippen LogP) is 16.8. The molecule has 0 fully saturated rings. The van der Waals surface area contributed by atoms with Crippen molar-refractivity contribution >= 4 is 94.4 Å². The number of allylic oxidation sites excluding steroid dienone is 2. The van der Waals surface area contributed by atoms with Crippen molar-refractivity contribution in [2.45, 2.75) is 30.0 Å². The molecule has 14 rings (SSSR count). The van der Waals surface area contributed by atoms with Gasteiger partial charge in [-0.05, 0) is 139 Å². The van der Waals surface area contributed by atoms with E-state index in [-0.39, 0.29) is 11.3 Å². The summed E-state index contributed by atoms with van der Waals surface area (Å²) in [5.41, 5.74) is 18.7. The van der Waals surface area contributed by atoms with Gasteiger partial charge in [0, 0.05) is 54.3 Å². The Morgan fingerprint density at radius 2 is 1.00 bits per heavy atom. The minimum Gasteiger partial charge on any atom is -0.456 e. The largest absolute Gasteiger partial charge is 0.456 e. The van der Waals surface area contributed by atoms with E-state index in [0.717, 1.165) is 33.3 Å². The van der Waals surface area contributed by atoms with Crippen molar-refractivity contribution in [2.24, 2.45) is 0 Å². The lowest BCUT2D eigenvalue weighted by molar-refractivity contribution is 0.669. The SMILES string of the molecule is Cc1ccc2c(c1)c1cc(C)ccc1n2C1=CC2Sc3cc(-n4c5ccc(-c6ccccc6)cc5c5cc(-c6ccccc6)ccc54)ccc3N(c3ccc4oc5ccccc5c4c3)C2C=C1. The number of thioether (sulfide) groups is 1. The summed E-state index contributed by atoms with van der Waals surface area (Å²) in [6, 6.07) is 71.4. The third-order valence-corrected chi connectivity index (χ3v) is 15.4. The lowest BCUT2D eigenvalue weighted by Crippen LogP contribution is -2.41. The number of rotatable bonds is 5. The number of fused-ring (bicyclic) bond motifs is 11. The zero-order valence-electron chi connectivity index (χ0n) is 37.0. The van der Waals surface area contributed by atoms with Gasteiger partial charge in [-0.3, -0.25) is 0 Å². The quantitative estimate of drug-likeness (QED) is 0.172. The van der Waals surface area contributed by atoms with E-state index >= 15 is 0 Å². The number of aromatic nitrogens is 2. The van der Waals surface area contributed by atoms with Gasteiger partial charge in [0.05, 0.1) is 39.0 Å². The zero-order valence-corrected chi connectivity index (χ0v) is 37.8. The van der Waals surface area contributed by atoms with Crippen LogP contribution in [-0.2, 0) is 0 Å². The molecule has 0 saturated heterocycles. The van der Waals surface area contributed by atoms with E-state index in [2.05, 4.69) is 234 Å². The lowest BCUT2D eigenvalue weighted by Gasteiger charge is -2.42. The van der Waals surface area contributed by atoms with E-state index in [4.69, 9.17) is 4.42 Å². The Morgan fingerprint density at radius 1 is 0.433 bits per heavy atom. The molecule has 4 heterocycles. The summed E-state index contributed by atoms with van der Waals surface area (Å²) in [5, 5.41) is 7.44. The Labute approximate surface area is 392 Å². The molecule has 9 aromatic carbocycles. The summed E-state index contributed by atoms with van der Waals surface area (Å²) in [4.78, 5) is 3.81. The van der Waals surface area contributed by atoms with E-state index in [0.29, 0.717) is 0 Å². The van der Waals surface area contributed by atoms with Crippen LogP contribution in [0.3, 0.4) is 0 Å². The third kappa shape index (κ3) is 6.01. The molecule has 1 aliphatic carbocycles. The van der Waals surface area contributed by atoms with Gasteiger partial charge in [-0.2, -0.15) is 0 Å². The van der Waals surface area contributed by atoms with Crippen molar-refractivity contribution in [1.82, 2.24) is 9.13 Å². The first-order valence-corrected chi connectivity index (χ1v) is 24.0. The van der Waals surface area contributed by atoms with Crippen LogP contribution in [0.25, 0.3) is 99.2 Å².